The minimum absolute atomic E-state index is 0.0968. The van der Waals surface area contributed by atoms with Gasteiger partial charge in [0.25, 0.3) is 5.91 Å². The van der Waals surface area contributed by atoms with Crippen LogP contribution in [0.4, 0.5) is 64.2 Å². The number of anilines is 1. The van der Waals surface area contributed by atoms with Crippen molar-refractivity contribution in [2.45, 2.75) is 154 Å². The first-order valence-corrected chi connectivity index (χ1v) is 33.9. The summed E-state index contributed by atoms with van der Waals surface area (Å²) in [5, 5.41) is 9.90. The van der Waals surface area contributed by atoms with Crippen molar-refractivity contribution in [2.75, 3.05) is 58.8 Å². The number of rotatable bonds is 27. The van der Waals surface area contributed by atoms with E-state index in [1.165, 1.54) is 69.6 Å². The number of alkyl carbamates (subject to hydrolysis) is 2. The summed E-state index contributed by atoms with van der Waals surface area (Å²) in [7, 11) is -3.59. The molecule has 0 saturated carbocycles. The van der Waals surface area contributed by atoms with Gasteiger partial charge in [-0.1, -0.05) is 43.9 Å². The van der Waals surface area contributed by atoms with Gasteiger partial charge < -0.3 is 53.8 Å². The van der Waals surface area contributed by atoms with E-state index in [0.717, 1.165) is 52.4 Å². The molecule has 5 aromatic rings. The number of alkyl halides is 8. The Morgan fingerprint density at radius 2 is 1.30 bits per heavy atom. The predicted octanol–water partition coefficient (Wildman–Crippen LogP) is 9.13. The lowest BCUT2D eigenvalue weighted by Crippen LogP contribution is -2.64. The number of fused-ring (bicyclic) bond motifs is 2. The van der Waals surface area contributed by atoms with E-state index in [-0.39, 0.29) is 16.0 Å². The SMILES string of the molecule is COC(=O)N[C@H](C(=O)N[C@@H](Cc1ccc(C#Cc2cnc(N3CC4CCC(C3)N4C3COC3)nc2)cc1)[C@H](CN(Cc1c(F)cc(-c2ccn(C(F)F)n2)cc1F)NC(=O)[C@@H](NC(=O)OC)C(C)(C)C(F)(F)F)OC(=O)OCOC(=O)CC(C)(C)c1cc(OP(=O)(O)O)c(C)cc1C)C(C)(C)C(F)(F)F. The molecule has 2 unspecified atom stereocenters. The smallest absolute Gasteiger partial charge is 0.453 e. The van der Waals surface area contributed by atoms with Crippen LogP contribution < -0.4 is 30.8 Å². The summed E-state index contributed by atoms with van der Waals surface area (Å²) in [6, 6.07) is 4.16. The number of carbonyl (C=O) groups excluding carboxylic acids is 6. The molecule has 6 N–H and O–H groups in total. The number of hydrogen-bond acceptors (Lipinski definition) is 20. The molecule has 572 valence electrons. The Hall–Kier alpha value is -9.34. The van der Waals surface area contributed by atoms with Crippen LogP contribution in [0.15, 0.2) is 73.2 Å². The molecule has 3 aliphatic rings. The summed E-state index contributed by atoms with van der Waals surface area (Å²) >= 11 is 0. The number of halogens is 10. The van der Waals surface area contributed by atoms with E-state index in [0.29, 0.717) is 110 Å². The number of esters is 1. The van der Waals surface area contributed by atoms with Gasteiger partial charge in [0, 0.05) is 72.4 Å². The summed E-state index contributed by atoms with van der Waals surface area (Å²) in [4.78, 5) is 116. The maximum Gasteiger partial charge on any atom is 0.524 e. The normalized spacial score (nSPS) is 17.1. The molecule has 3 aliphatic heterocycles. The molecule has 4 amide bonds. The van der Waals surface area contributed by atoms with Crippen molar-refractivity contribution < 1.29 is 120 Å². The van der Waals surface area contributed by atoms with Gasteiger partial charge in [-0.2, -0.15) is 40.2 Å². The van der Waals surface area contributed by atoms with E-state index < -0.39 is 165 Å². The van der Waals surface area contributed by atoms with E-state index in [2.05, 4.69) is 51.5 Å². The summed E-state index contributed by atoms with van der Waals surface area (Å²) in [5.41, 5.74) is -5.66. The minimum Gasteiger partial charge on any atom is -0.453 e. The summed E-state index contributed by atoms with van der Waals surface area (Å²) in [6.07, 6.45) is -13.5. The van der Waals surface area contributed by atoms with Crippen molar-refractivity contribution in [1.29, 1.82) is 0 Å². The van der Waals surface area contributed by atoms with Crippen molar-refractivity contribution in [3.05, 3.63) is 124 Å². The second-order valence-electron chi connectivity index (χ2n) is 27.0. The molecule has 2 aromatic heterocycles. The molecule has 0 spiro atoms. The highest BCUT2D eigenvalue weighted by atomic mass is 31.2. The van der Waals surface area contributed by atoms with Crippen LogP contribution in [0.1, 0.15) is 106 Å². The third-order valence-electron chi connectivity index (χ3n) is 18.3. The molecule has 5 heterocycles. The largest absolute Gasteiger partial charge is 0.524 e. The van der Waals surface area contributed by atoms with Crippen LogP contribution in [-0.4, -0.2) is 184 Å². The fourth-order valence-corrected chi connectivity index (χ4v) is 12.7. The van der Waals surface area contributed by atoms with E-state index in [1.54, 1.807) is 12.2 Å². The quantitative estimate of drug-likeness (QED) is 0.00542. The van der Waals surface area contributed by atoms with Crippen LogP contribution in [0, 0.1) is 48.2 Å². The first-order chi connectivity index (χ1) is 49.0. The van der Waals surface area contributed by atoms with Crippen molar-refractivity contribution >= 4 is 49.9 Å². The third-order valence-corrected chi connectivity index (χ3v) is 18.8. The van der Waals surface area contributed by atoms with E-state index in [1.807, 2.05) is 10.7 Å². The molecule has 105 heavy (non-hydrogen) atoms. The second-order valence-corrected chi connectivity index (χ2v) is 28.2. The Balaban J connectivity index is 1.18. The van der Waals surface area contributed by atoms with Gasteiger partial charge in [0.05, 0.1) is 74.6 Å². The minimum atomic E-state index is -5.37. The molecule has 2 bridgehead atoms. The first-order valence-electron chi connectivity index (χ1n) is 32.4. The van der Waals surface area contributed by atoms with Crippen molar-refractivity contribution in [2.24, 2.45) is 10.8 Å². The predicted molar refractivity (Wildman–Crippen MR) is 350 cm³/mol. The fourth-order valence-electron chi connectivity index (χ4n) is 12.3. The summed E-state index contributed by atoms with van der Waals surface area (Å²) in [6.45, 7) is 3.76. The highest BCUT2D eigenvalue weighted by Crippen LogP contribution is 2.45. The van der Waals surface area contributed by atoms with Crippen LogP contribution in [0.2, 0.25) is 0 Å². The molecule has 6 atom stereocenters. The number of phosphoric ester groups is 1. The number of carbonyl (C=O) groups is 6. The second kappa shape index (κ2) is 33.0. The highest BCUT2D eigenvalue weighted by molar-refractivity contribution is 7.46. The number of methoxy groups -OCH3 is 2. The highest BCUT2D eigenvalue weighted by Gasteiger charge is 2.58. The molecular weight excluding hydrogens is 1440 g/mol. The fraction of sp³-hybridized carbons (Fsp3) is 0.507. The Labute approximate surface area is 595 Å². The van der Waals surface area contributed by atoms with Crippen molar-refractivity contribution in [1.82, 2.24) is 51.0 Å². The topological polar surface area (TPSA) is 326 Å². The van der Waals surface area contributed by atoms with Gasteiger partial charge in [-0.05, 0) is 119 Å². The standard InChI is InChI=1S/C67H78F10N11O16P/c1-36-21-37(2)51(104-105(95,96)97)25-46(36)63(3,4)26-53(89)101-35-102-62(94)103-52(32-86(84-57(91)55(82-61(93)99-10)65(7,8)67(75,76)77)31-45-47(68)23-41(24-48(45)69)49-19-20-87(83-49)58(70)71)50(80-56(90)54(81-60(92)98-9)64(5,6)66(72,73)74)22-39-14-11-38(12-15-39)13-16-40-27-78-59(79-28-40)85-29-42-17-18-43(30-85)88(42)44-33-100-34-44/h11-12,14-15,19-21,23-25,27-28,42-44,50,52,54-55,58H,17-18,22,26,29-35H2,1-10H3,(H,80,90)(H,81,92)(H,82,93)(H,84,91)(H2,95,96,97)/t42?,43?,50-,52-,54+,55+/m0/s1. The number of nitrogens with zero attached hydrogens (tertiary/aromatic N) is 7. The molecule has 38 heteroatoms. The monoisotopic (exact) mass is 1510 g/mol. The average molecular weight is 1510 g/mol. The summed E-state index contributed by atoms with van der Waals surface area (Å²) < 4.78 is 198. The Morgan fingerprint density at radius 3 is 1.82 bits per heavy atom. The number of aryl methyl sites for hydroxylation is 2. The number of benzene rings is 3. The molecule has 3 aromatic carbocycles. The van der Waals surface area contributed by atoms with Crippen molar-refractivity contribution in [3.63, 3.8) is 0 Å². The van der Waals surface area contributed by atoms with Gasteiger partial charge in [-0.15, -0.1) is 0 Å². The summed E-state index contributed by atoms with van der Waals surface area (Å²) in [5.74, 6) is -1.56. The Bertz CT molecular complexity index is 4050. The number of phosphoric acid groups is 1. The lowest BCUT2D eigenvalue weighted by atomic mass is 9.79. The molecular formula is C67H78F10N11O16P. The van der Waals surface area contributed by atoms with Crippen LogP contribution >= 0.6 is 7.82 Å². The third kappa shape index (κ3) is 20.4. The van der Waals surface area contributed by atoms with E-state index in [4.69, 9.17) is 23.5 Å². The lowest BCUT2D eigenvalue weighted by molar-refractivity contribution is -0.221. The van der Waals surface area contributed by atoms with Gasteiger partial charge in [0.2, 0.25) is 18.6 Å². The number of ether oxygens (including phenoxy) is 6. The van der Waals surface area contributed by atoms with Crippen LogP contribution in [0.25, 0.3) is 11.3 Å². The zero-order valence-electron chi connectivity index (χ0n) is 58.3. The van der Waals surface area contributed by atoms with Gasteiger partial charge in [0.15, 0.2) is 0 Å². The molecule has 0 aliphatic carbocycles. The number of aromatic nitrogens is 4. The van der Waals surface area contributed by atoms with Crippen LogP contribution in [0.3, 0.4) is 0 Å². The van der Waals surface area contributed by atoms with Gasteiger partial charge in [0.1, 0.15) is 35.6 Å². The molecule has 0 radical (unpaired) electrons. The zero-order valence-corrected chi connectivity index (χ0v) is 59.2. The average Bonchev–Trinajstić information content (AvgIpc) is 1.62. The molecule has 3 saturated heterocycles. The maximum atomic E-state index is 16.7. The molecule has 27 nitrogen and oxygen atoms in total. The van der Waals surface area contributed by atoms with Crippen molar-refractivity contribution in [3.8, 4) is 28.8 Å². The molecule has 3 fully saturated rings. The maximum absolute atomic E-state index is 16.7. The Kier molecular flexibility index (Phi) is 25.6. The molecule has 8 rings (SSSR count). The lowest BCUT2D eigenvalue weighted by Gasteiger charge is -2.47. The number of hydrazine groups is 1. The number of hydrogen-bond donors (Lipinski definition) is 6. The van der Waals surface area contributed by atoms with E-state index >= 15 is 22.0 Å². The number of piperazine rings is 1. The van der Waals surface area contributed by atoms with Gasteiger partial charge in [-0.3, -0.25) is 34.5 Å². The van der Waals surface area contributed by atoms with Gasteiger partial charge in [-0.25, -0.2) is 47.4 Å². The number of nitrogens with one attached hydrogen (secondary N) is 4. The Morgan fingerprint density at radius 1 is 0.743 bits per heavy atom. The van der Waals surface area contributed by atoms with Crippen LogP contribution in [-0.2, 0) is 65.8 Å². The zero-order chi connectivity index (χ0) is 77.5. The van der Waals surface area contributed by atoms with Gasteiger partial charge >= 0.3 is 51.0 Å². The first kappa shape index (κ1) is 81.3. The van der Waals surface area contributed by atoms with E-state index in [9.17, 15) is 65.1 Å². The van der Waals surface area contributed by atoms with Crippen LogP contribution in [0.5, 0.6) is 5.75 Å². The number of amides is 4.